The van der Waals surface area contributed by atoms with Crippen molar-refractivity contribution < 1.29 is 4.74 Å². The van der Waals surface area contributed by atoms with Crippen LogP contribution in [0.1, 0.15) is 37.9 Å². The molecule has 2 heterocycles. The summed E-state index contributed by atoms with van der Waals surface area (Å²) in [7, 11) is 0. The fourth-order valence-electron chi connectivity index (χ4n) is 3.27. The lowest BCUT2D eigenvalue weighted by atomic mass is 9.80. The molecule has 2 aliphatic heterocycles. The molecule has 3 atom stereocenters. The van der Waals surface area contributed by atoms with Gasteiger partial charge in [0.05, 0.1) is 6.04 Å². The number of fused-ring (bicyclic) bond motifs is 4. The number of rotatable bonds is 1. The van der Waals surface area contributed by atoms with E-state index in [1.54, 1.807) is 0 Å². The van der Waals surface area contributed by atoms with Crippen molar-refractivity contribution in [3.63, 3.8) is 0 Å². The van der Waals surface area contributed by atoms with Crippen molar-refractivity contribution in [2.24, 2.45) is 5.92 Å². The van der Waals surface area contributed by atoms with Crippen molar-refractivity contribution in [3.05, 3.63) is 29.3 Å². The summed E-state index contributed by atoms with van der Waals surface area (Å²) in [5.41, 5.74) is 2.12. The van der Waals surface area contributed by atoms with Crippen molar-refractivity contribution in [2.45, 2.75) is 39.5 Å². The van der Waals surface area contributed by atoms with E-state index in [9.17, 15) is 0 Å². The van der Waals surface area contributed by atoms with Crippen LogP contribution < -0.4 is 10.1 Å². The summed E-state index contributed by atoms with van der Waals surface area (Å²) in [5.74, 6) is 1.32. The van der Waals surface area contributed by atoms with E-state index >= 15 is 0 Å². The van der Waals surface area contributed by atoms with Crippen LogP contribution in [0.2, 0.25) is 0 Å². The molecule has 1 saturated heterocycles. The van der Waals surface area contributed by atoms with E-state index in [1.165, 1.54) is 11.1 Å². The zero-order valence-electron chi connectivity index (χ0n) is 11.9. The summed E-state index contributed by atoms with van der Waals surface area (Å²) in [6.07, 6.45) is 0. The molecule has 0 amide bonds. The van der Waals surface area contributed by atoms with E-state index in [0.717, 1.165) is 17.4 Å². The van der Waals surface area contributed by atoms with E-state index in [-0.39, 0.29) is 11.8 Å². The molecule has 1 aromatic carbocycles. The van der Waals surface area contributed by atoms with Crippen LogP contribution in [-0.2, 0) is 0 Å². The first-order chi connectivity index (χ1) is 8.97. The Bertz CT molecular complexity index is 545. The lowest BCUT2D eigenvalue weighted by Crippen LogP contribution is -2.68. The standard InChI is InChI=1S/C15H20N2OS/c1-5-17-14(19)16-13-10(3)15(17,4)18-12-7-6-9(2)8-11(12)13/h6-8,10,13H,5H2,1-4H3,(H,16,19). The fraction of sp³-hybridized carbons (Fsp3) is 0.533. The lowest BCUT2D eigenvalue weighted by Gasteiger charge is -2.56. The fourth-order valence-corrected chi connectivity index (χ4v) is 3.71. The molecule has 3 nitrogen and oxygen atoms in total. The van der Waals surface area contributed by atoms with Gasteiger partial charge in [-0.3, -0.25) is 0 Å². The highest BCUT2D eigenvalue weighted by Gasteiger charge is 2.52. The minimum atomic E-state index is -0.357. The molecule has 19 heavy (non-hydrogen) atoms. The van der Waals surface area contributed by atoms with Gasteiger partial charge in [0.1, 0.15) is 5.75 Å². The van der Waals surface area contributed by atoms with Crippen LogP contribution in [0.4, 0.5) is 0 Å². The van der Waals surface area contributed by atoms with Gasteiger partial charge in [-0.1, -0.05) is 24.6 Å². The van der Waals surface area contributed by atoms with Crippen LogP contribution in [-0.4, -0.2) is 22.3 Å². The highest BCUT2D eigenvalue weighted by molar-refractivity contribution is 7.80. The van der Waals surface area contributed by atoms with E-state index < -0.39 is 0 Å². The number of ether oxygens (including phenoxy) is 1. The Morgan fingerprint density at radius 1 is 1.47 bits per heavy atom. The van der Waals surface area contributed by atoms with E-state index in [1.807, 2.05) is 0 Å². The predicted molar refractivity (Wildman–Crippen MR) is 80.2 cm³/mol. The largest absolute Gasteiger partial charge is 0.467 e. The van der Waals surface area contributed by atoms with Gasteiger partial charge in [-0.05, 0) is 39.1 Å². The van der Waals surface area contributed by atoms with Crippen molar-refractivity contribution >= 4 is 17.3 Å². The monoisotopic (exact) mass is 276 g/mol. The van der Waals surface area contributed by atoms with Gasteiger partial charge < -0.3 is 15.0 Å². The second-order valence-corrected chi connectivity index (χ2v) is 6.04. The van der Waals surface area contributed by atoms with Crippen molar-refractivity contribution in [1.82, 2.24) is 10.2 Å². The van der Waals surface area contributed by atoms with Gasteiger partial charge in [-0.25, -0.2) is 0 Å². The molecule has 2 bridgehead atoms. The maximum Gasteiger partial charge on any atom is 0.186 e. The molecular weight excluding hydrogens is 256 g/mol. The molecule has 4 heteroatoms. The molecule has 0 aliphatic carbocycles. The summed E-state index contributed by atoms with van der Waals surface area (Å²) < 4.78 is 6.33. The highest BCUT2D eigenvalue weighted by Crippen LogP contribution is 2.47. The topological polar surface area (TPSA) is 24.5 Å². The lowest BCUT2D eigenvalue weighted by molar-refractivity contribution is -0.108. The van der Waals surface area contributed by atoms with Crippen LogP contribution in [0.5, 0.6) is 5.75 Å². The molecular formula is C15H20N2OS. The van der Waals surface area contributed by atoms with Gasteiger partial charge in [-0.2, -0.15) is 0 Å². The zero-order valence-corrected chi connectivity index (χ0v) is 12.7. The number of nitrogens with one attached hydrogen (secondary N) is 1. The minimum absolute atomic E-state index is 0.240. The third-order valence-corrected chi connectivity index (χ3v) is 4.88. The first kappa shape index (κ1) is 12.7. The van der Waals surface area contributed by atoms with Crippen LogP contribution >= 0.6 is 12.2 Å². The molecule has 1 N–H and O–H groups in total. The summed E-state index contributed by atoms with van der Waals surface area (Å²) in [5, 5.41) is 4.28. The third-order valence-electron chi connectivity index (χ3n) is 4.54. The van der Waals surface area contributed by atoms with Crippen molar-refractivity contribution in [3.8, 4) is 5.75 Å². The average molecular weight is 276 g/mol. The summed E-state index contributed by atoms with van der Waals surface area (Å²) in [4.78, 5) is 2.15. The van der Waals surface area contributed by atoms with Gasteiger partial charge in [0, 0.05) is 18.0 Å². The third kappa shape index (κ3) is 1.66. The molecule has 0 saturated carbocycles. The van der Waals surface area contributed by atoms with Gasteiger partial charge in [0.15, 0.2) is 10.8 Å². The molecule has 1 fully saturated rings. The van der Waals surface area contributed by atoms with Crippen LogP contribution in [0, 0.1) is 12.8 Å². The number of aryl methyl sites for hydroxylation is 1. The molecule has 3 rings (SSSR count). The molecule has 102 valence electrons. The maximum absolute atomic E-state index is 6.33. The number of hydrogen-bond acceptors (Lipinski definition) is 2. The predicted octanol–water partition coefficient (Wildman–Crippen LogP) is 2.99. The highest BCUT2D eigenvalue weighted by atomic mass is 32.1. The Morgan fingerprint density at radius 2 is 2.21 bits per heavy atom. The van der Waals surface area contributed by atoms with E-state index in [4.69, 9.17) is 17.0 Å². The summed E-state index contributed by atoms with van der Waals surface area (Å²) >= 11 is 5.50. The molecule has 3 unspecified atom stereocenters. The quantitative estimate of drug-likeness (QED) is 0.797. The zero-order chi connectivity index (χ0) is 13.8. The smallest absolute Gasteiger partial charge is 0.186 e. The maximum atomic E-state index is 6.33. The van der Waals surface area contributed by atoms with Crippen molar-refractivity contribution in [1.29, 1.82) is 0 Å². The Kier molecular flexibility index (Phi) is 2.75. The van der Waals surface area contributed by atoms with Gasteiger partial charge in [-0.15, -0.1) is 0 Å². The number of thiocarbonyl (C=S) groups is 1. The first-order valence-corrected chi connectivity index (χ1v) is 7.26. The Hall–Kier alpha value is -1.29. The summed E-state index contributed by atoms with van der Waals surface area (Å²) in [6.45, 7) is 9.44. The average Bonchev–Trinajstić information content (AvgIpc) is 2.35. The van der Waals surface area contributed by atoms with Crippen molar-refractivity contribution in [2.75, 3.05) is 6.54 Å². The Morgan fingerprint density at radius 3 is 2.89 bits per heavy atom. The van der Waals surface area contributed by atoms with E-state index in [0.29, 0.717) is 5.92 Å². The van der Waals surface area contributed by atoms with E-state index in [2.05, 4.69) is 56.1 Å². The van der Waals surface area contributed by atoms with Crippen LogP contribution in [0.25, 0.3) is 0 Å². The molecule has 1 aromatic rings. The first-order valence-electron chi connectivity index (χ1n) is 6.85. The molecule has 2 aliphatic rings. The molecule has 0 radical (unpaired) electrons. The molecule has 0 aromatic heterocycles. The number of hydrogen-bond donors (Lipinski definition) is 1. The second kappa shape index (κ2) is 4.10. The normalized spacial score (nSPS) is 32.4. The Labute approximate surface area is 119 Å². The number of nitrogens with zero attached hydrogens (tertiary/aromatic N) is 1. The van der Waals surface area contributed by atoms with Crippen LogP contribution in [0.3, 0.4) is 0 Å². The van der Waals surface area contributed by atoms with Gasteiger partial charge in [0.2, 0.25) is 0 Å². The SMILES string of the molecule is CCN1C(=S)NC2c3cc(C)ccc3OC1(C)C2C. The van der Waals surface area contributed by atoms with Gasteiger partial charge in [0.25, 0.3) is 0 Å². The Balaban J connectivity index is 2.15. The summed E-state index contributed by atoms with van der Waals surface area (Å²) in [6, 6.07) is 6.62. The van der Waals surface area contributed by atoms with Crippen LogP contribution in [0.15, 0.2) is 18.2 Å². The second-order valence-electron chi connectivity index (χ2n) is 5.66. The number of benzene rings is 1. The van der Waals surface area contributed by atoms with Gasteiger partial charge >= 0.3 is 0 Å². The molecule has 0 spiro atoms. The minimum Gasteiger partial charge on any atom is -0.467 e.